The average Bonchev–Trinajstić information content (AvgIpc) is 2.22. The number of rotatable bonds is 1. The van der Waals surface area contributed by atoms with Crippen molar-refractivity contribution in [1.29, 1.82) is 0 Å². The predicted octanol–water partition coefficient (Wildman–Crippen LogP) is 2.33. The first-order valence-electron chi connectivity index (χ1n) is 5.70. The largest absolute Gasteiger partial charge is 0.355 e. The van der Waals surface area contributed by atoms with E-state index >= 15 is 0 Å². The molecule has 0 bridgehead atoms. The minimum absolute atomic E-state index is 0.263. The molecule has 0 radical (unpaired) electrons. The van der Waals surface area contributed by atoms with E-state index in [-0.39, 0.29) is 6.04 Å². The molecule has 1 aliphatic rings. The molecule has 1 aromatic rings. The van der Waals surface area contributed by atoms with E-state index in [1.165, 1.54) is 5.56 Å². The highest BCUT2D eigenvalue weighted by Gasteiger charge is 2.24. The molecule has 1 aromatic heterocycles. The lowest BCUT2D eigenvalue weighted by Crippen LogP contribution is -2.48. The lowest BCUT2D eigenvalue weighted by Gasteiger charge is -2.36. The lowest BCUT2D eigenvalue weighted by molar-refractivity contribution is 0.377. The van der Waals surface area contributed by atoms with Crippen molar-refractivity contribution in [3.05, 3.63) is 22.3 Å². The van der Waals surface area contributed by atoms with Gasteiger partial charge in [0.05, 0.1) is 0 Å². The van der Waals surface area contributed by atoms with Gasteiger partial charge < -0.3 is 10.6 Å². The van der Waals surface area contributed by atoms with Crippen molar-refractivity contribution in [3.63, 3.8) is 0 Å². The van der Waals surface area contributed by atoms with Crippen LogP contribution in [0.4, 0.5) is 5.82 Å². The average molecular weight is 284 g/mol. The SMILES string of the molecule is Cc1cc(Br)cnc1N1CCC(C)C(N)C1. The summed E-state index contributed by atoms with van der Waals surface area (Å²) in [5.74, 6) is 1.69. The Morgan fingerprint density at radius 3 is 2.94 bits per heavy atom. The van der Waals surface area contributed by atoms with Crippen LogP contribution in [0, 0.1) is 12.8 Å². The van der Waals surface area contributed by atoms with E-state index in [9.17, 15) is 0 Å². The summed E-state index contributed by atoms with van der Waals surface area (Å²) in [6, 6.07) is 2.37. The van der Waals surface area contributed by atoms with Gasteiger partial charge in [0, 0.05) is 29.8 Å². The first-order valence-corrected chi connectivity index (χ1v) is 6.50. The smallest absolute Gasteiger partial charge is 0.131 e. The summed E-state index contributed by atoms with van der Waals surface area (Å²) in [5, 5.41) is 0. The maximum atomic E-state index is 6.11. The Bertz CT molecular complexity index is 381. The molecule has 0 aromatic carbocycles. The van der Waals surface area contributed by atoms with E-state index in [2.05, 4.69) is 45.7 Å². The topological polar surface area (TPSA) is 42.2 Å². The van der Waals surface area contributed by atoms with Crippen LogP contribution in [0.15, 0.2) is 16.7 Å². The molecule has 4 heteroatoms. The number of halogens is 1. The van der Waals surface area contributed by atoms with E-state index in [4.69, 9.17) is 5.73 Å². The fourth-order valence-corrected chi connectivity index (χ4v) is 2.60. The fraction of sp³-hybridized carbons (Fsp3) is 0.583. The molecule has 0 saturated carbocycles. The number of pyridine rings is 1. The van der Waals surface area contributed by atoms with Crippen LogP contribution >= 0.6 is 15.9 Å². The summed E-state index contributed by atoms with van der Waals surface area (Å²) in [5.41, 5.74) is 7.31. The van der Waals surface area contributed by atoms with E-state index in [1.807, 2.05) is 6.20 Å². The summed E-state index contributed by atoms with van der Waals surface area (Å²) < 4.78 is 1.03. The monoisotopic (exact) mass is 283 g/mol. The summed E-state index contributed by atoms with van der Waals surface area (Å²) in [6.07, 6.45) is 3.00. The molecular formula is C12H18BrN3. The highest BCUT2D eigenvalue weighted by Crippen LogP contribution is 2.25. The number of piperidine rings is 1. The van der Waals surface area contributed by atoms with Gasteiger partial charge in [-0.3, -0.25) is 0 Å². The lowest BCUT2D eigenvalue weighted by atomic mass is 9.94. The normalized spacial score (nSPS) is 25.9. The second kappa shape index (κ2) is 4.72. The van der Waals surface area contributed by atoms with E-state index < -0.39 is 0 Å². The zero-order valence-corrected chi connectivity index (χ0v) is 11.4. The second-order valence-electron chi connectivity index (χ2n) is 4.67. The van der Waals surface area contributed by atoms with Gasteiger partial charge in [0.15, 0.2) is 0 Å². The van der Waals surface area contributed by atoms with E-state index in [0.717, 1.165) is 29.8 Å². The van der Waals surface area contributed by atoms with Crippen molar-refractivity contribution in [2.45, 2.75) is 26.3 Å². The highest BCUT2D eigenvalue weighted by atomic mass is 79.9. The molecule has 0 spiro atoms. The van der Waals surface area contributed by atoms with E-state index in [1.54, 1.807) is 0 Å². The number of nitrogens with two attached hydrogens (primary N) is 1. The molecule has 0 aliphatic carbocycles. The molecular weight excluding hydrogens is 266 g/mol. The second-order valence-corrected chi connectivity index (χ2v) is 5.59. The summed E-state index contributed by atoms with van der Waals surface area (Å²) in [6.45, 7) is 6.29. The van der Waals surface area contributed by atoms with Crippen molar-refractivity contribution in [3.8, 4) is 0 Å². The van der Waals surface area contributed by atoms with Crippen molar-refractivity contribution >= 4 is 21.7 Å². The van der Waals surface area contributed by atoms with Crippen molar-refractivity contribution < 1.29 is 0 Å². The third kappa shape index (κ3) is 2.38. The van der Waals surface area contributed by atoms with Gasteiger partial charge in [0.1, 0.15) is 5.82 Å². The zero-order valence-electron chi connectivity index (χ0n) is 9.78. The van der Waals surface area contributed by atoms with Crippen molar-refractivity contribution in [1.82, 2.24) is 4.98 Å². The molecule has 16 heavy (non-hydrogen) atoms. The minimum Gasteiger partial charge on any atom is -0.355 e. The van der Waals surface area contributed by atoms with Gasteiger partial charge >= 0.3 is 0 Å². The molecule has 0 amide bonds. The van der Waals surface area contributed by atoms with Crippen LogP contribution in [0.5, 0.6) is 0 Å². The van der Waals surface area contributed by atoms with Crippen molar-refractivity contribution in [2.75, 3.05) is 18.0 Å². The minimum atomic E-state index is 0.263. The molecule has 2 N–H and O–H groups in total. The van der Waals surface area contributed by atoms with Gasteiger partial charge in [-0.25, -0.2) is 4.98 Å². The molecule has 2 rings (SSSR count). The molecule has 1 fully saturated rings. The summed E-state index contributed by atoms with van der Waals surface area (Å²) >= 11 is 3.44. The molecule has 2 heterocycles. The predicted molar refractivity (Wildman–Crippen MR) is 70.6 cm³/mol. The van der Waals surface area contributed by atoms with Crippen LogP contribution in [0.2, 0.25) is 0 Å². The van der Waals surface area contributed by atoms with Gasteiger partial charge in [-0.2, -0.15) is 0 Å². The molecule has 2 unspecified atom stereocenters. The van der Waals surface area contributed by atoms with Crippen molar-refractivity contribution in [2.24, 2.45) is 11.7 Å². The Morgan fingerprint density at radius 2 is 2.31 bits per heavy atom. The van der Waals surface area contributed by atoms with Gasteiger partial charge in [0.2, 0.25) is 0 Å². The standard InChI is InChI=1S/C12H18BrN3/c1-8-3-4-16(7-11(8)14)12-9(2)5-10(13)6-15-12/h5-6,8,11H,3-4,7,14H2,1-2H3. The number of aryl methyl sites for hydroxylation is 1. The molecule has 3 nitrogen and oxygen atoms in total. The number of nitrogens with zero attached hydrogens (tertiary/aromatic N) is 2. The van der Waals surface area contributed by atoms with Gasteiger partial charge in [-0.05, 0) is 46.8 Å². The highest BCUT2D eigenvalue weighted by molar-refractivity contribution is 9.10. The quantitative estimate of drug-likeness (QED) is 0.860. The Kier molecular flexibility index (Phi) is 3.50. The number of hydrogen-bond acceptors (Lipinski definition) is 3. The number of aromatic nitrogens is 1. The Labute approximate surface area is 105 Å². The van der Waals surface area contributed by atoms with Crippen LogP contribution in [0.25, 0.3) is 0 Å². The first-order chi connectivity index (χ1) is 7.58. The summed E-state index contributed by atoms with van der Waals surface area (Å²) in [7, 11) is 0. The third-order valence-corrected chi connectivity index (χ3v) is 3.77. The van der Waals surface area contributed by atoms with Crippen LogP contribution < -0.4 is 10.6 Å². The summed E-state index contributed by atoms with van der Waals surface area (Å²) in [4.78, 5) is 6.78. The van der Waals surface area contributed by atoms with Gasteiger partial charge in [-0.1, -0.05) is 6.92 Å². The third-order valence-electron chi connectivity index (χ3n) is 3.33. The van der Waals surface area contributed by atoms with Crippen LogP contribution in [-0.4, -0.2) is 24.1 Å². The van der Waals surface area contributed by atoms with Crippen LogP contribution in [0.1, 0.15) is 18.9 Å². The molecule has 88 valence electrons. The van der Waals surface area contributed by atoms with Gasteiger partial charge in [0.25, 0.3) is 0 Å². The van der Waals surface area contributed by atoms with Crippen LogP contribution in [0.3, 0.4) is 0 Å². The molecule has 1 aliphatic heterocycles. The Hall–Kier alpha value is -0.610. The number of anilines is 1. The number of hydrogen-bond donors (Lipinski definition) is 1. The van der Waals surface area contributed by atoms with Crippen LogP contribution in [-0.2, 0) is 0 Å². The Balaban J connectivity index is 2.18. The maximum absolute atomic E-state index is 6.11. The van der Waals surface area contributed by atoms with Gasteiger partial charge in [-0.15, -0.1) is 0 Å². The molecule has 2 atom stereocenters. The maximum Gasteiger partial charge on any atom is 0.131 e. The van der Waals surface area contributed by atoms with E-state index in [0.29, 0.717) is 5.92 Å². The zero-order chi connectivity index (χ0) is 11.7. The molecule has 1 saturated heterocycles. The first kappa shape index (κ1) is 11.9. The Morgan fingerprint density at radius 1 is 1.56 bits per heavy atom. The fourth-order valence-electron chi connectivity index (χ4n) is 2.16.